The van der Waals surface area contributed by atoms with Crippen molar-refractivity contribution >= 4 is 11.3 Å². The molecule has 1 atom stereocenters. The first kappa shape index (κ1) is 10.9. The summed E-state index contributed by atoms with van der Waals surface area (Å²) in [5.74, 6) is 1.92. The Hall–Kier alpha value is -1.27. The largest absolute Gasteiger partial charge is 0.307 e. The molecule has 0 unspecified atom stereocenters. The van der Waals surface area contributed by atoms with Crippen LogP contribution in [0, 0.1) is 0 Å². The summed E-state index contributed by atoms with van der Waals surface area (Å²) in [6, 6.07) is 0.272. The highest BCUT2D eigenvalue weighted by Gasteiger charge is 2.22. The molecule has 1 N–H and O–H groups in total. The van der Waals surface area contributed by atoms with Gasteiger partial charge in [-0.15, -0.1) is 21.5 Å². The first-order valence-electron chi connectivity index (χ1n) is 5.91. The maximum Gasteiger partial charge on any atom is 0.183 e. The second-order valence-corrected chi connectivity index (χ2v) is 5.13. The lowest BCUT2D eigenvalue weighted by Crippen LogP contribution is -2.32. The molecule has 0 aliphatic carbocycles. The van der Waals surface area contributed by atoms with Crippen LogP contribution >= 0.6 is 11.3 Å². The van der Waals surface area contributed by atoms with E-state index in [1.165, 1.54) is 0 Å². The standard InChI is InChI=1S/C11H15N5S/c1-3-9-13-8(6-17-9)11-15-14-10-7(2)12-4-5-16(10)11/h6-7,12H,3-5H2,1-2H3/t7-/m0/s1. The summed E-state index contributed by atoms with van der Waals surface area (Å²) in [5, 5.41) is 15.2. The Morgan fingerprint density at radius 3 is 3.18 bits per heavy atom. The van der Waals surface area contributed by atoms with Gasteiger partial charge in [0.25, 0.3) is 0 Å². The number of nitrogens with one attached hydrogen (secondary N) is 1. The van der Waals surface area contributed by atoms with E-state index in [2.05, 4.69) is 44.3 Å². The fourth-order valence-electron chi connectivity index (χ4n) is 2.11. The molecule has 17 heavy (non-hydrogen) atoms. The molecule has 0 fully saturated rings. The molecular weight excluding hydrogens is 234 g/mol. The average Bonchev–Trinajstić information content (AvgIpc) is 2.94. The van der Waals surface area contributed by atoms with Crippen molar-refractivity contribution in [3.8, 4) is 11.5 Å². The SMILES string of the molecule is CCc1nc(-c2nnc3n2CCN[C@H]3C)cs1. The fourth-order valence-corrected chi connectivity index (χ4v) is 2.83. The molecule has 5 nitrogen and oxygen atoms in total. The molecule has 0 aromatic carbocycles. The van der Waals surface area contributed by atoms with Crippen molar-refractivity contribution in [2.45, 2.75) is 32.9 Å². The molecule has 2 aromatic heterocycles. The zero-order valence-electron chi connectivity index (χ0n) is 9.97. The molecule has 3 heterocycles. The van der Waals surface area contributed by atoms with Gasteiger partial charge in [-0.3, -0.25) is 0 Å². The van der Waals surface area contributed by atoms with Gasteiger partial charge in [-0.1, -0.05) is 6.92 Å². The van der Waals surface area contributed by atoms with E-state index >= 15 is 0 Å². The molecule has 6 heteroatoms. The maximum absolute atomic E-state index is 4.58. The quantitative estimate of drug-likeness (QED) is 0.879. The number of rotatable bonds is 2. The third-order valence-corrected chi connectivity index (χ3v) is 4.03. The number of fused-ring (bicyclic) bond motifs is 1. The first-order chi connectivity index (χ1) is 8.29. The van der Waals surface area contributed by atoms with Crippen LogP contribution in [0.25, 0.3) is 11.5 Å². The summed E-state index contributed by atoms with van der Waals surface area (Å²) >= 11 is 1.69. The highest BCUT2D eigenvalue weighted by Crippen LogP contribution is 2.24. The normalized spacial score (nSPS) is 19.3. The number of thiazole rings is 1. The third-order valence-electron chi connectivity index (χ3n) is 3.04. The predicted molar refractivity (Wildman–Crippen MR) is 66.9 cm³/mol. The Morgan fingerprint density at radius 1 is 1.53 bits per heavy atom. The van der Waals surface area contributed by atoms with Gasteiger partial charge in [0.05, 0.1) is 11.0 Å². The van der Waals surface area contributed by atoms with E-state index in [0.717, 1.165) is 41.9 Å². The number of aromatic nitrogens is 4. The second-order valence-electron chi connectivity index (χ2n) is 4.19. The van der Waals surface area contributed by atoms with Crippen LogP contribution in [0.1, 0.15) is 30.7 Å². The van der Waals surface area contributed by atoms with Gasteiger partial charge in [-0.25, -0.2) is 4.98 Å². The van der Waals surface area contributed by atoms with Gasteiger partial charge in [0.1, 0.15) is 11.5 Å². The lowest BCUT2D eigenvalue weighted by molar-refractivity contribution is 0.439. The Morgan fingerprint density at radius 2 is 2.41 bits per heavy atom. The van der Waals surface area contributed by atoms with Crippen LogP contribution in [0.4, 0.5) is 0 Å². The molecule has 0 spiro atoms. The molecule has 2 aromatic rings. The smallest absolute Gasteiger partial charge is 0.183 e. The highest BCUT2D eigenvalue weighted by atomic mass is 32.1. The Balaban J connectivity index is 2.03. The number of hydrogen-bond donors (Lipinski definition) is 1. The van der Waals surface area contributed by atoms with Crippen molar-refractivity contribution < 1.29 is 0 Å². The van der Waals surface area contributed by atoms with Gasteiger partial charge in [0, 0.05) is 18.5 Å². The molecular formula is C11H15N5S. The number of nitrogens with zero attached hydrogens (tertiary/aromatic N) is 4. The predicted octanol–water partition coefficient (Wildman–Crippen LogP) is 1.63. The van der Waals surface area contributed by atoms with E-state index in [4.69, 9.17) is 0 Å². The summed E-state index contributed by atoms with van der Waals surface area (Å²) in [4.78, 5) is 4.58. The number of hydrogen-bond acceptors (Lipinski definition) is 5. The van der Waals surface area contributed by atoms with Gasteiger partial charge in [-0.05, 0) is 13.3 Å². The van der Waals surface area contributed by atoms with E-state index < -0.39 is 0 Å². The van der Waals surface area contributed by atoms with Crippen LogP contribution in [-0.4, -0.2) is 26.3 Å². The molecule has 1 aliphatic heterocycles. The minimum Gasteiger partial charge on any atom is -0.307 e. The van der Waals surface area contributed by atoms with Gasteiger partial charge in [-0.2, -0.15) is 0 Å². The molecule has 1 aliphatic rings. The molecule has 0 saturated heterocycles. The van der Waals surface area contributed by atoms with E-state index in [1.54, 1.807) is 11.3 Å². The Kier molecular flexibility index (Phi) is 2.68. The molecule has 0 saturated carbocycles. The monoisotopic (exact) mass is 249 g/mol. The Bertz CT molecular complexity index is 530. The minimum atomic E-state index is 0.272. The molecule has 0 bridgehead atoms. The van der Waals surface area contributed by atoms with Crippen molar-refractivity contribution in [1.82, 2.24) is 25.1 Å². The van der Waals surface area contributed by atoms with Crippen LogP contribution in [0.2, 0.25) is 0 Å². The lowest BCUT2D eigenvalue weighted by atomic mass is 10.2. The summed E-state index contributed by atoms with van der Waals surface area (Å²) < 4.78 is 2.18. The second kappa shape index (κ2) is 4.19. The summed E-state index contributed by atoms with van der Waals surface area (Å²) in [6.45, 7) is 6.11. The van der Waals surface area contributed by atoms with E-state index in [1.807, 2.05) is 0 Å². The van der Waals surface area contributed by atoms with Crippen LogP contribution in [0.15, 0.2) is 5.38 Å². The van der Waals surface area contributed by atoms with E-state index in [0.29, 0.717) is 0 Å². The molecule has 0 radical (unpaired) electrons. The van der Waals surface area contributed by atoms with Crippen molar-refractivity contribution in [3.63, 3.8) is 0 Å². The van der Waals surface area contributed by atoms with E-state index in [-0.39, 0.29) is 6.04 Å². The van der Waals surface area contributed by atoms with Crippen molar-refractivity contribution in [3.05, 3.63) is 16.2 Å². The van der Waals surface area contributed by atoms with Crippen LogP contribution in [0.3, 0.4) is 0 Å². The van der Waals surface area contributed by atoms with Crippen LogP contribution < -0.4 is 5.32 Å². The fraction of sp³-hybridized carbons (Fsp3) is 0.545. The minimum absolute atomic E-state index is 0.272. The van der Waals surface area contributed by atoms with Gasteiger partial charge in [0.15, 0.2) is 5.82 Å². The van der Waals surface area contributed by atoms with Gasteiger partial charge < -0.3 is 9.88 Å². The molecule has 3 rings (SSSR count). The van der Waals surface area contributed by atoms with Crippen LogP contribution in [0.5, 0.6) is 0 Å². The third kappa shape index (κ3) is 1.77. The summed E-state index contributed by atoms with van der Waals surface area (Å²) in [7, 11) is 0. The van der Waals surface area contributed by atoms with Gasteiger partial charge >= 0.3 is 0 Å². The highest BCUT2D eigenvalue weighted by molar-refractivity contribution is 7.09. The topological polar surface area (TPSA) is 55.6 Å². The van der Waals surface area contributed by atoms with Crippen molar-refractivity contribution in [1.29, 1.82) is 0 Å². The zero-order chi connectivity index (χ0) is 11.8. The summed E-state index contributed by atoms with van der Waals surface area (Å²) in [6.07, 6.45) is 0.976. The van der Waals surface area contributed by atoms with E-state index in [9.17, 15) is 0 Å². The van der Waals surface area contributed by atoms with Gasteiger partial charge in [0.2, 0.25) is 0 Å². The van der Waals surface area contributed by atoms with Crippen molar-refractivity contribution in [2.75, 3.05) is 6.54 Å². The number of aryl methyl sites for hydroxylation is 1. The molecule has 0 amide bonds. The maximum atomic E-state index is 4.58. The first-order valence-corrected chi connectivity index (χ1v) is 6.78. The van der Waals surface area contributed by atoms with Crippen molar-refractivity contribution in [2.24, 2.45) is 0 Å². The van der Waals surface area contributed by atoms with Crippen LogP contribution in [-0.2, 0) is 13.0 Å². The lowest BCUT2D eigenvalue weighted by Gasteiger charge is -2.21. The zero-order valence-corrected chi connectivity index (χ0v) is 10.8. The average molecular weight is 249 g/mol. The molecule has 90 valence electrons. The summed E-state index contributed by atoms with van der Waals surface area (Å²) in [5.41, 5.74) is 0.958. The Labute approximate surface area is 104 Å².